The third-order valence-corrected chi connectivity index (χ3v) is 2.89. The molecule has 72 valence electrons. The summed E-state index contributed by atoms with van der Waals surface area (Å²) in [5.41, 5.74) is 0. The van der Waals surface area contributed by atoms with Crippen LogP contribution in [0, 0.1) is 5.92 Å². The number of rotatable bonds is 3. The van der Waals surface area contributed by atoms with Gasteiger partial charge >= 0.3 is 0 Å². The summed E-state index contributed by atoms with van der Waals surface area (Å²) in [7, 11) is 2.20. The molecule has 0 radical (unpaired) electrons. The first-order valence-electron chi connectivity index (χ1n) is 5.04. The number of nitrogens with one attached hydrogen (secondary N) is 1. The maximum atomic E-state index is 3.67. The summed E-state index contributed by atoms with van der Waals surface area (Å²) < 4.78 is 0. The van der Waals surface area contributed by atoms with Crippen molar-refractivity contribution in [1.29, 1.82) is 0 Å². The van der Waals surface area contributed by atoms with Crippen molar-refractivity contribution >= 4 is 0 Å². The average molecular weight is 170 g/mol. The van der Waals surface area contributed by atoms with Gasteiger partial charge in [-0.1, -0.05) is 13.8 Å². The SMILES string of the molecule is CC(C)[C@H](C)N[C@H]1CCN(C)C1. The highest BCUT2D eigenvalue weighted by Gasteiger charge is 2.21. The molecule has 0 spiro atoms. The van der Waals surface area contributed by atoms with Crippen LogP contribution in [0.2, 0.25) is 0 Å². The van der Waals surface area contributed by atoms with Gasteiger partial charge in [0, 0.05) is 18.6 Å². The van der Waals surface area contributed by atoms with E-state index in [1.807, 2.05) is 0 Å². The Morgan fingerprint density at radius 1 is 1.33 bits per heavy atom. The van der Waals surface area contributed by atoms with Crippen molar-refractivity contribution in [1.82, 2.24) is 10.2 Å². The first-order chi connectivity index (χ1) is 5.59. The van der Waals surface area contributed by atoms with E-state index < -0.39 is 0 Å². The lowest BCUT2D eigenvalue weighted by Gasteiger charge is -2.22. The molecule has 0 aromatic rings. The summed E-state index contributed by atoms with van der Waals surface area (Å²) in [6.07, 6.45) is 1.31. The van der Waals surface area contributed by atoms with Gasteiger partial charge in [0.05, 0.1) is 0 Å². The second kappa shape index (κ2) is 4.24. The maximum absolute atomic E-state index is 3.67. The molecule has 12 heavy (non-hydrogen) atoms. The van der Waals surface area contributed by atoms with E-state index in [0.717, 1.165) is 12.0 Å². The monoisotopic (exact) mass is 170 g/mol. The molecular formula is C10H22N2. The minimum Gasteiger partial charge on any atom is -0.310 e. The van der Waals surface area contributed by atoms with Gasteiger partial charge in [-0.25, -0.2) is 0 Å². The van der Waals surface area contributed by atoms with Gasteiger partial charge in [0.2, 0.25) is 0 Å². The zero-order chi connectivity index (χ0) is 9.14. The van der Waals surface area contributed by atoms with Crippen molar-refractivity contribution in [3.05, 3.63) is 0 Å². The molecule has 0 bridgehead atoms. The summed E-state index contributed by atoms with van der Waals surface area (Å²) in [6, 6.07) is 1.38. The number of hydrogen-bond acceptors (Lipinski definition) is 2. The molecule has 0 aliphatic carbocycles. The molecule has 1 N–H and O–H groups in total. The summed E-state index contributed by atoms with van der Waals surface area (Å²) in [6.45, 7) is 9.30. The Balaban J connectivity index is 2.23. The molecule has 1 rings (SSSR count). The lowest BCUT2D eigenvalue weighted by Crippen LogP contribution is -2.40. The smallest absolute Gasteiger partial charge is 0.0209 e. The van der Waals surface area contributed by atoms with Crippen LogP contribution in [0.4, 0.5) is 0 Å². The Kier molecular flexibility index (Phi) is 3.53. The Morgan fingerprint density at radius 2 is 2.00 bits per heavy atom. The van der Waals surface area contributed by atoms with Crippen LogP contribution >= 0.6 is 0 Å². The van der Waals surface area contributed by atoms with Crippen LogP contribution in [0.3, 0.4) is 0 Å². The first-order valence-corrected chi connectivity index (χ1v) is 5.04. The Bertz CT molecular complexity index is 134. The van der Waals surface area contributed by atoms with Crippen molar-refractivity contribution in [2.45, 2.75) is 39.3 Å². The normalized spacial score (nSPS) is 28.2. The van der Waals surface area contributed by atoms with Crippen molar-refractivity contribution in [2.24, 2.45) is 5.92 Å². The van der Waals surface area contributed by atoms with Gasteiger partial charge in [0.1, 0.15) is 0 Å². The number of likely N-dealkylation sites (tertiary alicyclic amines) is 1. The van der Waals surface area contributed by atoms with E-state index in [-0.39, 0.29) is 0 Å². The molecule has 0 saturated carbocycles. The highest BCUT2D eigenvalue weighted by atomic mass is 15.2. The molecule has 1 saturated heterocycles. The number of hydrogen-bond donors (Lipinski definition) is 1. The van der Waals surface area contributed by atoms with E-state index in [0.29, 0.717) is 6.04 Å². The fourth-order valence-electron chi connectivity index (χ4n) is 1.64. The Labute approximate surface area is 76.3 Å². The molecule has 0 unspecified atom stereocenters. The molecule has 2 heteroatoms. The van der Waals surface area contributed by atoms with Gasteiger partial charge in [-0.3, -0.25) is 0 Å². The molecule has 0 aromatic carbocycles. The highest BCUT2D eigenvalue weighted by molar-refractivity contribution is 4.81. The van der Waals surface area contributed by atoms with Crippen molar-refractivity contribution in [2.75, 3.05) is 20.1 Å². The van der Waals surface area contributed by atoms with Gasteiger partial charge in [-0.15, -0.1) is 0 Å². The predicted octanol–water partition coefficient (Wildman–Crippen LogP) is 1.32. The minimum absolute atomic E-state index is 0.654. The molecular weight excluding hydrogens is 148 g/mol. The van der Waals surface area contributed by atoms with Crippen LogP contribution in [-0.2, 0) is 0 Å². The summed E-state index contributed by atoms with van der Waals surface area (Å²) in [4.78, 5) is 2.39. The third kappa shape index (κ3) is 2.76. The number of likely N-dealkylation sites (N-methyl/N-ethyl adjacent to an activating group) is 1. The van der Waals surface area contributed by atoms with Crippen LogP contribution < -0.4 is 5.32 Å². The number of nitrogens with zero attached hydrogens (tertiary/aromatic N) is 1. The zero-order valence-electron chi connectivity index (χ0n) is 8.80. The zero-order valence-corrected chi connectivity index (χ0v) is 8.80. The van der Waals surface area contributed by atoms with Crippen molar-refractivity contribution in [3.63, 3.8) is 0 Å². The molecule has 1 heterocycles. The molecule has 0 amide bonds. The molecule has 1 aliphatic heterocycles. The van der Waals surface area contributed by atoms with E-state index >= 15 is 0 Å². The molecule has 0 aromatic heterocycles. The van der Waals surface area contributed by atoms with Crippen LogP contribution in [0.5, 0.6) is 0 Å². The van der Waals surface area contributed by atoms with Gasteiger partial charge in [-0.05, 0) is 32.9 Å². The lowest BCUT2D eigenvalue weighted by molar-refractivity contribution is 0.353. The quantitative estimate of drug-likeness (QED) is 0.687. The van der Waals surface area contributed by atoms with Crippen LogP contribution in [-0.4, -0.2) is 37.1 Å². The lowest BCUT2D eigenvalue weighted by atomic mass is 10.1. The molecule has 1 fully saturated rings. The largest absolute Gasteiger partial charge is 0.310 e. The van der Waals surface area contributed by atoms with Gasteiger partial charge < -0.3 is 10.2 Å². The fraction of sp³-hybridized carbons (Fsp3) is 1.00. The molecule has 2 atom stereocenters. The average Bonchev–Trinajstić information content (AvgIpc) is 2.35. The Morgan fingerprint density at radius 3 is 2.42 bits per heavy atom. The van der Waals surface area contributed by atoms with E-state index in [1.54, 1.807) is 0 Å². The second-order valence-corrected chi connectivity index (χ2v) is 4.45. The summed E-state index contributed by atoms with van der Waals surface area (Å²) >= 11 is 0. The van der Waals surface area contributed by atoms with Crippen LogP contribution in [0.15, 0.2) is 0 Å². The first kappa shape index (κ1) is 10.0. The standard InChI is InChI=1S/C10H22N2/c1-8(2)9(3)11-10-5-6-12(4)7-10/h8-11H,5-7H2,1-4H3/t9-,10-/m0/s1. The van der Waals surface area contributed by atoms with Crippen LogP contribution in [0.25, 0.3) is 0 Å². The topological polar surface area (TPSA) is 15.3 Å². The molecule has 1 aliphatic rings. The van der Waals surface area contributed by atoms with Gasteiger partial charge in [0.25, 0.3) is 0 Å². The van der Waals surface area contributed by atoms with Gasteiger partial charge in [-0.2, -0.15) is 0 Å². The minimum atomic E-state index is 0.654. The maximum Gasteiger partial charge on any atom is 0.0209 e. The predicted molar refractivity (Wildman–Crippen MR) is 53.3 cm³/mol. The van der Waals surface area contributed by atoms with Crippen molar-refractivity contribution < 1.29 is 0 Å². The van der Waals surface area contributed by atoms with Gasteiger partial charge in [0.15, 0.2) is 0 Å². The Hall–Kier alpha value is -0.0800. The van der Waals surface area contributed by atoms with E-state index in [4.69, 9.17) is 0 Å². The van der Waals surface area contributed by atoms with E-state index in [1.165, 1.54) is 19.5 Å². The summed E-state index contributed by atoms with van der Waals surface area (Å²) in [5, 5.41) is 3.67. The van der Waals surface area contributed by atoms with E-state index in [2.05, 4.69) is 38.0 Å². The molecule has 2 nitrogen and oxygen atoms in total. The van der Waals surface area contributed by atoms with E-state index in [9.17, 15) is 0 Å². The van der Waals surface area contributed by atoms with Crippen molar-refractivity contribution in [3.8, 4) is 0 Å². The third-order valence-electron chi connectivity index (χ3n) is 2.89. The second-order valence-electron chi connectivity index (χ2n) is 4.45. The van der Waals surface area contributed by atoms with Crippen LogP contribution in [0.1, 0.15) is 27.2 Å². The highest BCUT2D eigenvalue weighted by Crippen LogP contribution is 2.09. The fourth-order valence-corrected chi connectivity index (χ4v) is 1.64. The summed E-state index contributed by atoms with van der Waals surface area (Å²) in [5.74, 6) is 0.746.